The summed E-state index contributed by atoms with van der Waals surface area (Å²) in [6.45, 7) is 3.57. The van der Waals surface area contributed by atoms with Gasteiger partial charge in [0.05, 0.1) is 0 Å². The molecular weight excluding hydrogens is 374 g/mol. The second-order valence-electron chi connectivity index (χ2n) is 7.13. The third-order valence-electron chi connectivity index (χ3n) is 4.95. The van der Waals surface area contributed by atoms with Crippen molar-refractivity contribution in [3.8, 4) is 0 Å². The molecule has 2 aromatic rings. The molecule has 1 aliphatic heterocycles. The summed E-state index contributed by atoms with van der Waals surface area (Å²) in [5.74, 6) is 0.00149. The van der Waals surface area contributed by atoms with Gasteiger partial charge in [-0.3, -0.25) is 9.59 Å². The number of amides is 2. The van der Waals surface area contributed by atoms with E-state index in [2.05, 4.69) is 22.9 Å². The Hall–Kier alpha value is -2.37. The maximum absolute atomic E-state index is 12.4. The SMILES string of the molecule is C[C@H]1C[C@@H](C(=O)Nc2ccc(C(=O)NCCc3ccccc3)cc2)CCN1.Cl. The molecule has 2 amide bonds. The minimum absolute atomic E-state index is 0. The lowest BCUT2D eigenvalue weighted by Gasteiger charge is -2.27. The van der Waals surface area contributed by atoms with E-state index >= 15 is 0 Å². The fourth-order valence-corrected chi connectivity index (χ4v) is 3.39. The number of hydrogen-bond acceptors (Lipinski definition) is 3. The lowest BCUT2D eigenvalue weighted by molar-refractivity contribution is -0.120. The number of hydrogen-bond donors (Lipinski definition) is 3. The van der Waals surface area contributed by atoms with Gasteiger partial charge in [0.15, 0.2) is 0 Å². The first-order chi connectivity index (χ1) is 13.1. The van der Waals surface area contributed by atoms with Gasteiger partial charge in [-0.1, -0.05) is 30.3 Å². The van der Waals surface area contributed by atoms with Crippen LogP contribution in [0.15, 0.2) is 54.6 Å². The first-order valence-corrected chi connectivity index (χ1v) is 9.58. The molecule has 0 radical (unpaired) electrons. The highest BCUT2D eigenvalue weighted by Crippen LogP contribution is 2.19. The summed E-state index contributed by atoms with van der Waals surface area (Å²) in [4.78, 5) is 24.6. The number of rotatable bonds is 6. The number of carbonyl (C=O) groups excluding carboxylic acids is 2. The van der Waals surface area contributed by atoms with Crippen LogP contribution in [0.25, 0.3) is 0 Å². The van der Waals surface area contributed by atoms with Crippen molar-refractivity contribution in [2.45, 2.75) is 32.2 Å². The highest BCUT2D eigenvalue weighted by molar-refractivity contribution is 5.96. The second-order valence-corrected chi connectivity index (χ2v) is 7.13. The number of anilines is 1. The van der Waals surface area contributed by atoms with Gasteiger partial charge in [0.1, 0.15) is 0 Å². The van der Waals surface area contributed by atoms with Gasteiger partial charge in [-0.25, -0.2) is 0 Å². The largest absolute Gasteiger partial charge is 0.352 e. The lowest BCUT2D eigenvalue weighted by Crippen LogP contribution is -2.40. The molecule has 6 heteroatoms. The van der Waals surface area contributed by atoms with Crippen LogP contribution in [0.1, 0.15) is 35.7 Å². The van der Waals surface area contributed by atoms with E-state index in [9.17, 15) is 9.59 Å². The van der Waals surface area contributed by atoms with Gasteiger partial charge in [0.25, 0.3) is 5.91 Å². The molecule has 2 aromatic carbocycles. The van der Waals surface area contributed by atoms with Gasteiger partial charge in [0.2, 0.25) is 5.91 Å². The average Bonchev–Trinajstić information content (AvgIpc) is 2.69. The van der Waals surface area contributed by atoms with Crippen LogP contribution in [-0.2, 0) is 11.2 Å². The van der Waals surface area contributed by atoms with E-state index in [1.54, 1.807) is 24.3 Å². The van der Waals surface area contributed by atoms with Crippen molar-refractivity contribution in [3.63, 3.8) is 0 Å². The Kier molecular flexibility index (Phi) is 8.48. The predicted octanol–water partition coefficient (Wildman–Crippen LogP) is 3.41. The standard InChI is InChI=1S/C22H27N3O2.ClH/c1-16-15-19(12-14-23-16)22(27)25-20-9-7-18(8-10-20)21(26)24-13-11-17-5-3-2-4-6-17;/h2-10,16,19,23H,11-15H2,1H3,(H,24,26)(H,25,27);1H/t16-,19-;/m0./s1. The van der Waals surface area contributed by atoms with Crippen LogP contribution >= 0.6 is 12.4 Å². The molecule has 0 saturated carbocycles. The van der Waals surface area contributed by atoms with Gasteiger partial charge in [-0.15, -0.1) is 12.4 Å². The minimum atomic E-state index is -0.101. The average molecular weight is 402 g/mol. The van der Waals surface area contributed by atoms with E-state index in [-0.39, 0.29) is 30.1 Å². The molecule has 1 fully saturated rings. The lowest BCUT2D eigenvalue weighted by atomic mass is 9.92. The quantitative estimate of drug-likeness (QED) is 0.694. The topological polar surface area (TPSA) is 70.2 Å². The normalized spacial score (nSPS) is 18.6. The maximum atomic E-state index is 12.4. The van der Waals surface area contributed by atoms with Crippen LogP contribution in [0.3, 0.4) is 0 Å². The molecule has 150 valence electrons. The predicted molar refractivity (Wildman–Crippen MR) is 115 cm³/mol. The summed E-state index contributed by atoms with van der Waals surface area (Å²) in [5, 5.41) is 9.25. The number of nitrogens with one attached hydrogen (secondary N) is 3. The van der Waals surface area contributed by atoms with Gasteiger partial charge in [0, 0.05) is 29.8 Å². The van der Waals surface area contributed by atoms with Crippen molar-refractivity contribution in [2.24, 2.45) is 5.92 Å². The summed E-state index contributed by atoms with van der Waals surface area (Å²) < 4.78 is 0. The van der Waals surface area contributed by atoms with Crippen molar-refractivity contribution in [3.05, 3.63) is 65.7 Å². The number of piperidine rings is 1. The summed E-state index contributed by atoms with van der Waals surface area (Å²) in [7, 11) is 0. The Morgan fingerprint density at radius 2 is 1.79 bits per heavy atom. The molecule has 0 bridgehead atoms. The summed E-state index contributed by atoms with van der Waals surface area (Å²) in [5.41, 5.74) is 2.52. The molecule has 0 aromatic heterocycles. The molecule has 1 aliphatic rings. The van der Waals surface area contributed by atoms with Crippen molar-refractivity contribution in [2.75, 3.05) is 18.4 Å². The Morgan fingerprint density at radius 3 is 2.46 bits per heavy atom. The molecular formula is C22H28ClN3O2. The Balaban J connectivity index is 0.00000280. The van der Waals surface area contributed by atoms with E-state index in [0.29, 0.717) is 18.2 Å². The molecule has 0 unspecified atom stereocenters. The van der Waals surface area contributed by atoms with Gasteiger partial charge in [-0.05, 0) is 62.6 Å². The van der Waals surface area contributed by atoms with Crippen LogP contribution in [0.2, 0.25) is 0 Å². The molecule has 3 rings (SSSR count). The molecule has 3 N–H and O–H groups in total. The molecule has 0 spiro atoms. The van der Waals surface area contributed by atoms with Crippen LogP contribution < -0.4 is 16.0 Å². The summed E-state index contributed by atoms with van der Waals surface area (Å²) in [6.07, 6.45) is 2.52. The Morgan fingerprint density at radius 1 is 1.07 bits per heavy atom. The summed E-state index contributed by atoms with van der Waals surface area (Å²) >= 11 is 0. The first-order valence-electron chi connectivity index (χ1n) is 9.58. The second kappa shape index (κ2) is 10.8. The summed E-state index contributed by atoms with van der Waals surface area (Å²) in [6, 6.07) is 17.5. The van der Waals surface area contributed by atoms with Gasteiger partial charge in [-0.2, -0.15) is 0 Å². The van der Waals surface area contributed by atoms with E-state index in [1.807, 2.05) is 30.3 Å². The highest BCUT2D eigenvalue weighted by Gasteiger charge is 2.24. The minimum Gasteiger partial charge on any atom is -0.352 e. The van der Waals surface area contributed by atoms with Gasteiger partial charge < -0.3 is 16.0 Å². The maximum Gasteiger partial charge on any atom is 0.251 e. The third-order valence-corrected chi connectivity index (χ3v) is 4.95. The van der Waals surface area contributed by atoms with Crippen molar-refractivity contribution in [1.82, 2.24) is 10.6 Å². The van der Waals surface area contributed by atoms with Crippen molar-refractivity contribution < 1.29 is 9.59 Å². The number of benzene rings is 2. The molecule has 2 atom stereocenters. The molecule has 1 saturated heterocycles. The van der Waals surface area contributed by atoms with Crippen LogP contribution in [0, 0.1) is 5.92 Å². The highest BCUT2D eigenvalue weighted by atomic mass is 35.5. The fourth-order valence-electron chi connectivity index (χ4n) is 3.39. The third kappa shape index (κ3) is 6.36. The van der Waals surface area contributed by atoms with Crippen molar-refractivity contribution >= 4 is 29.9 Å². The zero-order valence-electron chi connectivity index (χ0n) is 16.1. The van der Waals surface area contributed by atoms with Gasteiger partial charge >= 0.3 is 0 Å². The van der Waals surface area contributed by atoms with Crippen LogP contribution in [0.4, 0.5) is 5.69 Å². The fraction of sp³-hybridized carbons (Fsp3) is 0.364. The molecule has 28 heavy (non-hydrogen) atoms. The zero-order valence-corrected chi connectivity index (χ0v) is 16.9. The van der Waals surface area contributed by atoms with Crippen LogP contribution in [-0.4, -0.2) is 30.9 Å². The van der Waals surface area contributed by atoms with E-state index in [1.165, 1.54) is 5.56 Å². The van der Waals surface area contributed by atoms with E-state index in [4.69, 9.17) is 0 Å². The monoisotopic (exact) mass is 401 g/mol. The Bertz CT molecular complexity index is 765. The van der Waals surface area contributed by atoms with E-state index in [0.717, 1.165) is 31.5 Å². The molecule has 5 nitrogen and oxygen atoms in total. The number of halogens is 1. The molecule has 1 heterocycles. The van der Waals surface area contributed by atoms with E-state index < -0.39 is 0 Å². The molecule has 0 aliphatic carbocycles. The van der Waals surface area contributed by atoms with Crippen molar-refractivity contribution in [1.29, 1.82) is 0 Å². The first kappa shape index (κ1) is 21.9. The number of carbonyl (C=O) groups is 2. The Labute approximate surface area is 172 Å². The van der Waals surface area contributed by atoms with Crippen LogP contribution in [0.5, 0.6) is 0 Å². The smallest absolute Gasteiger partial charge is 0.251 e. The zero-order chi connectivity index (χ0) is 19.1.